The van der Waals surface area contributed by atoms with Gasteiger partial charge in [-0.3, -0.25) is 0 Å². The SMILES string of the molecule is COCc1cnc2n1CCc1ccccc1C21CCNCC1.O=C(O)/C=C/C(=O)O. The molecule has 0 saturated carbocycles. The minimum absolute atomic E-state index is 0.0599. The molecule has 3 heterocycles. The number of benzene rings is 1. The van der Waals surface area contributed by atoms with E-state index >= 15 is 0 Å². The van der Waals surface area contributed by atoms with Gasteiger partial charge in [0.15, 0.2) is 0 Å². The van der Waals surface area contributed by atoms with Crippen molar-refractivity contribution in [2.75, 3.05) is 20.2 Å². The molecule has 1 aromatic heterocycles. The van der Waals surface area contributed by atoms with Crippen LogP contribution in [0.15, 0.2) is 42.6 Å². The summed E-state index contributed by atoms with van der Waals surface area (Å²) in [6.07, 6.45) is 6.44. The number of carboxylic acids is 2. The molecule has 0 unspecified atom stereocenters. The van der Waals surface area contributed by atoms with E-state index < -0.39 is 11.9 Å². The number of carboxylic acid groups (broad SMARTS) is 2. The lowest BCUT2D eigenvalue weighted by Crippen LogP contribution is -2.42. The molecule has 4 rings (SSSR count). The Bertz CT molecular complexity index is 913. The number of ether oxygens (including phenoxy) is 1. The van der Waals surface area contributed by atoms with Crippen LogP contribution in [0, 0.1) is 0 Å². The minimum Gasteiger partial charge on any atom is -0.478 e. The monoisotopic (exact) mass is 413 g/mol. The number of aryl methyl sites for hydroxylation is 1. The first-order chi connectivity index (χ1) is 14.5. The predicted octanol–water partition coefficient (Wildman–Crippen LogP) is 1.97. The number of fused-ring (bicyclic) bond motifs is 4. The van der Waals surface area contributed by atoms with E-state index in [0.29, 0.717) is 18.8 Å². The van der Waals surface area contributed by atoms with Gasteiger partial charge in [-0.1, -0.05) is 24.3 Å². The topological polar surface area (TPSA) is 114 Å². The molecule has 1 spiro atoms. The zero-order valence-corrected chi connectivity index (χ0v) is 17.0. The molecule has 1 aromatic carbocycles. The molecule has 2 aliphatic rings. The molecule has 0 amide bonds. The maximum atomic E-state index is 9.55. The van der Waals surface area contributed by atoms with Gasteiger partial charge in [0.2, 0.25) is 0 Å². The number of aromatic nitrogens is 2. The van der Waals surface area contributed by atoms with Gasteiger partial charge in [-0.2, -0.15) is 0 Å². The zero-order valence-electron chi connectivity index (χ0n) is 17.0. The summed E-state index contributed by atoms with van der Waals surface area (Å²) in [6, 6.07) is 8.96. The van der Waals surface area contributed by atoms with Crippen LogP contribution in [0.5, 0.6) is 0 Å². The van der Waals surface area contributed by atoms with Crippen molar-refractivity contribution in [2.24, 2.45) is 0 Å². The molecule has 30 heavy (non-hydrogen) atoms. The lowest BCUT2D eigenvalue weighted by Gasteiger charge is -2.38. The van der Waals surface area contributed by atoms with Gasteiger partial charge in [0.1, 0.15) is 5.82 Å². The van der Waals surface area contributed by atoms with Gasteiger partial charge in [-0.05, 0) is 43.5 Å². The number of nitrogens with zero attached hydrogens (tertiary/aromatic N) is 2. The van der Waals surface area contributed by atoms with Crippen LogP contribution >= 0.6 is 0 Å². The van der Waals surface area contributed by atoms with Gasteiger partial charge in [0.05, 0.1) is 23.9 Å². The number of aliphatic carboxylic acids is 2. The van der Waals surface area contributed by atoms with Crippen molar-refractivity contribution >= 4 is 11.9 Å². The molecule has 0 radical (unpaired) electrons. The van der Waals surface area contributed by atoms with Crippen molar-refractivity contribution in [2.45, 2.75) is 37.8 Å². The Balaban J connectivity index is 0.000000275. The Morgan fingerprint density at radius 3 is 2.50 bits per heavy atom. The second-order valence-corrected chi connectivity index (χ2v) is 7.41. The van der Waals surface area contributed by atoms with Gasteiger partial charge in [-0.25, -0.2) is 14.6 Å². The van der Waals surface area contributed by atoms with Gasteiger partial charge >= 0.3 is 11.9 Å². The van der Waals surface area contributed by atoms with Gasteiger partial charge in [0, 0.05) is 25.8 Å². The van der Waals surface area contributed by atoms with Crippen LogP contribution < -0.4 is 5.32 Å². The minimum atomic E-state index is -1.26. The predicted molar refractivity (Wildman–Crippen MR) is 110 cm³/mol. The first-order valence-electron chi connectivity index (χ1n) is 9.95. The second kappa shape index (κ2) is 9.69. The molecular weight excluding hydrogens is 386 g/mol. The first-order valence-corrected chi connectivity index (χ1v) is 9.95. The molecule has 160 valence electrons. The van der Waals surface area contributed by atoms with Crippen LogP contribution in [-0.4, -0.2) is 51.9 Å². The average Bonchev–Trinajstić information content (AvgIpc) is 3.10. The number of carbonyl (C=O) groups is 2. The fourth-order valence-electron chi connectivity index (χ4n) is 4.35. The number of nitrogens with one attached hydrogen (secondary N) is 1. The molecule has 8 heteroatoms. The quantitative estimate of drug-likeness (QED) is 0.657. The summed E-state index contributed by atoms with van der Waals surface area (Å²) in [6.45, 7) is 3.75. The molecule has 0 bridgehead atoms. The Hall–Kier alpha value is -2.97. The van der Waals surface area contributed by atoms with Crippen LogP contribution in [0.1, 0.15) is 35.5 Å². The molecule has 0 aliphatic carbocycles. The average molecular weight is 413 g/mol. The van der Waals surface area contributed by atoms with E-state index in [1.54, 1.807) is 7.11 Å². The summed E-state index contributed by atoms with van der Waals surface area (Å²) in [4.78, 5) is 24.0. The summed E-state index contributed by atoms with van der Waals surface area (Å²) in [7, 11) is 1.76. The fraction of sp³-hybridized carbons (Fsp3) is 0.409. The van der Waals surface area contributed by atoms with Gasteiger partial charge < -0.3 is 24.8 Å². The third-order valence-electron chi connectivity index (χ3n) is 5.62. The zero-order chi connectivity index (χ0) is 21.6. The van der Waals surface area contributed by atoms with Crippen LogP contribution in [-0.2, 0) is 39.3 Å². The van der Waals surface area contributed by atoms with Crippen molar-refractivity contribution in [3.63, 3.8) is 0 Å². The van der Waals surface area contributed by atoms with E-state index in [4.69, 9.17) is 19.9 Å². The normalized spacial score (nSPS) is 16.8. The van der Waals surface area contributed by atoms with Gasteiger partial charge in [-0.15, -0.1) is 0 Å². The summed E-state index contributed by atoms with van der Waals surface area (Å²) >= 11 is 0. The fourth-order valence-corrected chi connectivity index (χ4v) is 4.35. The van der Waals surface area contributed by atoms with E-state index in [-0.39, 0.29) is 5.41 Å². The summed E-state index contributed by atoms with van der Waals surface area (Å²) in [5.74, 6) is -1.27. The molecule has 1 saturated heterocycles. The molecule has 3 N–H and O–H groups in total. The summed E-state index contributed by atoms with van der Waals surface area (Å²) < 4.78 is 7.78. The molecule has 1 fully saturated rings. The number of hydrogen-bond acceptors (Lipinski definition) is 5. The lowest BCUT2D eigenvalue weighted by molar-refractivity contribution is -0.134. The van der Waals surface area contributed by atoms with E-state index in [1.807, 2.05) is 6.20 Å². The van der Waals surface area contributed by atoms with Crippen LogP contribution in [0.3, 0.4) is 0 Å². The van der Waals surface area contributed by atoms with Crippen molar-refractivity contribution in [3.05, 3.63) is 65.3 Å². The smallest absolute Gasteiger partial charge is 0.328 e. The van der Waals surface area contributed by atoms with E-state index in [1.165, 1.54) is 22.6 Å². The largest absolute Gasteiger partial charge is 0.478 e. The Kier molecular flexibility index (Phi) is 7.02. The van der Waals surface area contributed by atoms with Crippen molar-refractivity contribution in [3.8, 4) is 0 Å². The molecular formula is C22H27N3O5. The maximum Gasteiger partial charge on any atom is 0.328 e. The molecule has 8 nitrogen and oxygen atoms in total. The van der Waals surface area contributed by atoms with E-state index in [0.717, 1.165) is 38.9 Å². The van der Waals surface area contributed by atoms with Crippen molar-refractivity contribution in [1.29, 1.82) is 0 Å². The van der Waals surface area contributed by atoms with Crippen LogP contribution in [0.2, 0.25) is 0 Å². The summed E-state index contributed by atoms with van der Waals surface area (Å²) in [5, 5.41) is 19.1. The molecule has 2 aromatic rings. The second-order valence-electron chi connectivity index (χ2n) is 7.41. The van der Waals surface area contributed by atoms with E-state index in [9.17, 15) is 9.59 Å². The Morgan fingerprint density at radius 1 is 1.20 bits per heavy atom. The molecule has 0 atom stereocenters. The first kappa shape index (κ1) is 21.7. The highest BCUT2D eigenvalue weighted by atomic mass is 16.5. The number of piperidine rings is 1. The number of imidazole rings is 1. The summed E-state index contributed by atoms with van der Waals surface area (Å²) in [5.41, 5.74) is 4.23. The lowest BCUT2D eigenvalue weighted by atomic mass is 9.71. The highest BCUT2D eigenvalue weighted by Crippen LogP contribution is 2.43. The van der Waals surface area contributed by atoms with Crippen LogP contribution in [0.4, 0.5) is 0 Å². The number of rotatable bonds is 4. The molecule has 2 aliphatic heterocycles. The number of methoxy groups -OCH3 is 1. The van der Waals surface area contributed by atoms with Crippen LogP contribution in [0.25, 0.3) is 0 Å². The van der Waals surface area contributed by atoms with Gasteiger partial charge in [0.25, 0.3) is 0 Å². The third kappa shape index (κ3) is 4.60. The number of hydrogen-bond donors (Lipinski definition) is 3. The maximum absolute atomic E-state index is 9.55. The Labute approximate surface area is 175 Å². The standard InChI is InChI=1S/C18H23N3O.C4H4O4/c1-22-13-15-12-20-17-18(7-9-19-10-8-18)16-5-3-2-4-14(16)6-11-21(15)17;5-3(6)1-2-4(7)8/h2-5,12,19H,6-11,13H2,1H3;1-2H,(H,5,6)(H,7,8)/b;2-1+. The Morgan fingerprint density at radius 2 is 1.87 bits per heavy atom. The van der Waals surface area contributed by atoms with E-state index in [2.05, 4.69) is 34.1 Å². The highest BCUT2D eigenvalue weighted by Gasteiger charge is 2.42. The highest BCUT2D eigenvalue weighted by molar-refractivity contribution is 5.89. The van der Waals surface area contributed by atoms with Crippen molar-refractivity contribution in [1.82, 2.24) is 14.9 Å². The third-order valence-corrected chi connectivity index (χ3v) is 5.62. The van der Waals surface area contributed by atoms with Crippen molar-refractivity contribution < 1.29 is 24.5 Å².